The van der Waals surface area contributed by atoms with Crippen LogP contribution in [0.3, 0.4) is 0 Å². The highest BCUT2D eigenvalue weighted by Crippen LogP contribution is 2.33. The van der Waals surface area contributed by atoms with Crippen LogP contribution < -0.4 is 5.32 Å². The van der Waals surface area contributed by atoms with Crippen molar-refractivity contribution in [3.63, 3.8) is 0 Å². The molecule has 0 radical (unpaired) electrons. The van der Waals surface area contributed by atoms with E-state index >= 15 is 0 Å². The van der Waals surface area contributed by atoms with Crippen molar-refractivity contribution in [2.45, 2.75) is 18.6 Å². The second-order valence-electron chi connectivity index (χ2n) is 5.05. The zero-order valence-electron chi connectivity index (χ0n) is 11.5. The summed E-state index contributed by atoms with van der Waals surface area (Å²) in [6, 6.07) is 2.20. The van der Waals surface area contributed by atoms with Crippen molar-refractivity contribution < 1.29 is 22.7 Å². The first-order valence-electron chi connectivity index (χ1n) is 6.85. The Hall–Kier alpha value is -1.18. The number of piperazine rings is 1. The third kappa shape index (κ3) is 3.93. The van der Waals surface area contributed by atoms with E-state index in [4.69, 9.17) is 5.11 Å². The van der Waals surface area contributed by atoms with Crippen LogP contribution in [0.15, 0.2) is 18.2 Å². The van der Waals surface area contributed by atoms with E-state index in [0.717, 1.165) is 19.2 Å². The maximum atomic E-state index is 14.1. The van der Waals surface area contributed by atoms with E-state index in [1.807, 2.05) is 4.90 Å². The molecule has 1 aromatic rings. The molecule has 1 aromatic carbocycles. The lowest BCUT2D eigenvalue weighted by Crippen LogP contribution is -2.45. The van der Waals surface area contributed by atoms with E-state index < -0.39 is 23.6 Å². The van der Waals surface area contributed by atoms with Gasteiger partial charge in [-0.15, -0.1) is 0 Å². The first-order chi connectivity index (χ1) is 9.93. The van der Waals surface area contributed by atoms with Gasteiger partial charge in [-0.3, -0.25) is 4.90 Å². The van der Waals surface area contributed by atoms with Gasteiger partial charge in [0.05, 0.1) is 5.56 Å². The summed E-state index contributed by atoms with van der Waals surface area (Å²) in [5.74, 6) is -0.873. The van der Waals surface area contributed by atoms with Gasteiger partial charge >= 0.3 is 6.18 Å². The van der Waals surface area contributed by atoms with Crippen LogP contribution in [0.25, 0.3) is 0 Å². The number of aliphatic hydroxyl groups is 1. The van der Waals surface area contributed by atoms with E-state index in [1.165, 1.54) is 6.07 Å². The summed E-state index contributed by atoms with van der Waals surface area (Å²) in [5, 5.41) is 12.3. The minimum absolute atomic E-state index is 0.144. The summed E-state index contributed by atoms with van der Waals surface area (Å²) in [4.78, 5) is 1.98. The average Bonchev–Trinajstić information content (AvgIpc) is 2.45. The molecular weight excluding hydrogens is 288 g/mol. The summed E-state index contributed by atoms with van der Waals surface area (Å²) in [7, 11) is 0. The van der Waals surface area contributed by atoms with Gasteiger partial charge in [0.1, 0.15) is 5.82 Å². The Morgan fingerprint density at radius 3 is 2.43 bits per heavy atom. The lowest BCUT2D eigenvalue weighted by molar-refractivity contribution is -0.137. The Kier molecular flexibility index (Phi) is 5.18. The Bertz CT molecular complexity index is 473. The molecule has 0 saturated carbocycles. The van der Waals surface area contributed by atoms with Crippen molar-refractivity contribution in [3.8, 4) is 0 Å². The van der Waals surface area contributed by atoms with Crippen LogP contribution in [0.5, 0.6) is 0 Å². The van der Waals surface area contributed by atoms with Crippen molar-refractivity contribution in [2.75, 3.05) is 32.8 Å². The van der Waals surface area contributed by atoms with Gasteiger partial charge in [0.25, 0.3) is 0 Å². The van der Waals surface area contributed by atoms with Crippen LogP contribution in [0.2, 0.25) is 0 Å². The number of nitrogens with zero attached hydrogens (tertiary/aromatic N) is 1. The summed E-state index contributed by atoms with van der Waals surface area (Å²) in [6.07, 6.45) is -4.26. The number of rotatable bonds is 4. The van der Waals surface area contributed by atoms with Crippen molar-refractivity contribution in [1.29, 1.82) is 0 Å². The molecule has 2 rings (SSSR count). The highest BCUT2D eigenvalue weighted by Gasteiger charge is 2.32. The van der Waals surface area contributed by atoms with Gasteiger partial charge < -0.3 is 10.4 Å². The minimum Gasteiger partial charge on any atom is -0.396 e. The average molecular weight is 306 g/mol. The first-order valence-corrected chi connectivity index (χ1v) is 6.85. The largest absolute Gasteiger partial charge is 0.416 e. The van der Waals surface area contributed by atoms with Crippen molar-refractivity contribution >= 4 is 0 Å². The van der Waals surface area contributed by atoms with Gasteiger partial charge in [-0.05, 0) is 18.6 Å². The molecule has 0 aromatic heterocycles. The number of hydrogen-bond donors (Lipinski definition) is 2. The van der Waals surface area contributed by atoms with Gasteiger partial charge in [-0.2, -0.15) is 13.2 Å². The first kappa shape index (κ1) is 16.2. The van der Waals surface area contributed by atoms with E-state index in [9.17, 15) is 17.6 Å². The fourth-order valence-electron chi connectivity index (χ4n) is 2.62. The smallest absolute Gasteiger partial charge is 0.396 e. The van der Waals surface area contributed by atoms with E-state index in [1.54, 1.807) is 0 Å². The quantitative estimate of drug-likeness (QED) is 0.837. The van der Waals surface area contributed by atoms with Crippen molar-refractivity contribution in [2.24, 2.45) is 0 Å². The molecule has 1 atom stereocenters. The van der Waals surface area contributed by atoms with Crippen LogP contribution >= 0.6 is 0 Å². The lowest BCUT2D eigenvalue weighted by Gasteiger charge is -2.35. The van der Waals surface area contributed by atoms with Crippen molar-refractivity contribution in [1.82, 2.24) is 10.2 Å². The number of nitrogens with one attached hydrogen (secondary N) is 1. The van der Waals surface area contributed by atoms with E-state index in [2.05, 4.69) is 5.32 Å². The van der Waals surface area contributed by atoms with Gasteiger partial charge in [0.2, 0.25) is 0 Å². The van der Waals surface area contributed by atoms with Gasteiger partial charge in [-0.25, -0.2) is 4.39 Å². The Morgan fingerprint density at radius 1 is 1.24 bits per heavy atom. The Labute approximate surface area is 120 Å². The number of alkyl halides is 3. The van der Waals surface area contributed by atoms with Crippen LogP contribution in [0.4, 0.5) is 17.6 Å². The lowest BCUT2D eigenvalue weighted by atomic mass is 9.99. The third-order valence-electron chi connectivity index (χ3n) is 3.68. The summed E-state index contributed by atoms with van der Waals surface area (Å²) >= 11 is 0. The SMILES string of the molecule is OCC[C@H](c1ccc(C(F)(F)F)cc1F)N1CCNCC1. The second kappa shape index (κ2) is 6.72. The molecule has 118 valence electrons. The Balaban J connectivity index is 2.27. The number of benzene rings is 1. The third-order valence-corrected chi connectivity index (χ3v) is 3.68. The summed E-state index contributed by atoms with van der Waals surface area (Å²) in [6.45, 7) is 2.68. The van der Waals surface area contributed by atoms with Crippen LogP contribution in [0, 0.1) is 5.82 Å². The number of aliphatic hydroxyl groups excluding tert-OH is 1. The standard InChI is InChI=1S/C14H18F4N2O/c15-12-9-10(14(16,17)18)1-2-11(12)13(3-8-21)20-6-4-19-5-7-20/h1-2,9,13,19,21H,3-8H2/t13-/m1/s1. The topological polar surface area (TPSA) is 35.5 Å². The molecule has 1 saturated heterocycles. The fourth-order valence-corrected chi connectivity index (χ4v) is 2.62. The van der Waals surface area contributed by atoms with Crippen LogP contribution in [-0.2, 0) is 6.18 Å². The van der Waals surface area contributed by atoms with Gasteiger partial charge in [-0.1, -0.05) is 6.07 Å². The molecule has 2 N–H and O–H groups in total. The molecule has 0 bridgehead atoms. The van der Waals surface area contributed by atoms with Gasteiger partial charge in [0.15, 0.2) is 0 Å². The molecule has 7 heteroatoms. The maximum absolute atomic E-state index is 14.1. The maximum Gasteiger partial charge on any atom is 0.416 e. The predicted octanol–water partition coefficient (Wildman–Crippen LogP) is 2.17. The fraction of sp³-hybridized carbons (Fsp3) is 0.571. The molecule has 3 nitrogen and oxygen atoms in total. The molecule has 0 unspecified atom stereocenters. The molecule has 1 aliphatic heterocycles. The second-order valence-corrected chi connectivity index (χ2v) is 5.05. The molecule has 1 fully saturated rings. The molecule has 0 spiro atoms. The molecule has 1 heterocycles. The molecule has 0 amide bonds. The highest BCUT2D eigenvalue weighted by molar-refractivity contribution is 5.29. The monoisotopic (exact) mass is 306 g/mol. The summed E-state index contributed by atoms with van der Waals surface area (Å²) < 4.78 is 51.8. The van der Waals surface area contributed by atoms with E-state index in [-0.39, 0.29) is 12.2 Å². The molecule has 21 heavy (non-hydrogen) atoms. The zero-order valence-corrected chi connectivity index (χ0v) is 11.5. The van der Waals surface area contributed by atoms with Gasteiger partial charge in [0, 0.05) is 44.4 Å². The molecule has 1 aliphatic rings. The van der Waals surface area contributed by atoms with Crippen molar-refractivity contribution in [3.05, 3.63) is 35.1 Å². The minimum atomic E-state index is -4.55. The number of hydrogen-bond acceptors (Lipinski definition) is 3. The Morgan fingerprint density at radius 2 is 1.90 bits per heavy atom. The zero-order chi connectivity index (χ0) is 15.5. The van der Waals surface area contributed by atoms with E-state index in [0.29, 0.717) is 25.6 Å². The normalized spacial score (nSPS) is 18.7. The van der Waals surface area contributed by atoms with Crippen LogP contribution in [-0.4, -0.2) is 42.8 Å². The molecule has 0 aliphatic carbocycles. The number of halogens is 4. The summed E-state index contributed by atoms with van der Waals surface area (Å²) in [5.41, 5.74) is -0.786. The predicted molar refractivity (Wildman–Crippen MR) is 70.3 cm³/mol. The van der Waals surface area contributed by atoms with Crippen LogP contribution in [0.1, 0.15) is 23.6 Å². The molecular formula is C14H18F4N2O. The highest BCUT2D eigenvalue weighted by atomic mass is 19.4.